The smallest absolute Gasteiger partial charge is 0.220 e. The number of aliphatic hydroxyl groups excluding tert-OH is 8. The summed E-state index contributed by atoms with van der Waals surface area (Å²) in [6.07, 6.45) is 49.3. The first-order valence-corrected chi connectivity index (χ1v) is 32.9. The summed E-state index contributed by atoms with van der Waals surface area (Å²) in [5.74, 6) is -0.252. The fourth-order valence-electron chi connectivity index (χ4n) is 10.7. The van der Waals surface area contributed by atoms with Crippen molar-refractivity contribution in [3.8, 4) is 0 Å². The van der Waals surface area contributed by atoms with E-state index in [1.807, 2.05) is 6.08 Å². The molecule has 12 unspecified atom stereocenters. The van der Waals surface area contributed by atoms with Gasteiger partial charge in [0.15, 0.2) is 12.6 Å². The lowest BCUT2D eigenvalue weighted by atomic mass is 9.97. The second kappa shape index (κ2) is 51.4. The lowest BCUT2D eigenvalue weighted by Gasteiger charge is -2.46. The third-order valence-electron chi connectivity index (χ3n) is 15.9. The van der Waals surface area contributed by atoms with Crippen LogP contribution in [0.5, 0.6) is 0 Å². The lowest BCUT2D eigenvalue weighted by molar-refractivity contribution is -0.359. The fraction of sp³-hybridized carbons (Fsp3) is 0.864. The summed E-state index contributed by atoms with van der Waals surface area (Å²) in [4.78, 5) is 13.2. The molecule has 0 radical (unpaired) electrons. The largest absolute Gasteiger partial charge is 0.394 e. The summed E-state index contributed by atoms with van der Waals surface area (Å²) >= 11 is 0. The molecule has 2 aliphatic heterocycles. The maximum absolute atomic E-state index is 13.2. The van der Waals surface area contributed by atoms with Crippen LogP contribution in [0.2, 0.25) is 0 Å². The molecule has 14 nitrogen and oxygen atoms in total. The maximum atomic E-state index is 13.2. The molecule has 2 aliphatic rings. The van der Waals surface area contributed by atoms with Crippen molar-refractivity contribution in [3.05, 3.63) is 48.6 Å². The Balaban J connectivity index is 1.58. The number of nitrogens with one attached hydrogen (secondary N) is 1. The van der Waals surface area contributed by atoms with Gasteiger partial charge in [-0.15, -0.1) is 0 Å². The van der Waals surface area contributed by atoms with Crippen LogP contribution in [0.4, 0.5) is 0 Å². The van der Waals surface area contributed by atoms with Gasteiger partial charge in [-0.1, -0.05) is 249 Å². The molecule has 2 saturated heterocycles. The van der Waals surface area contributed by atoms with Crippen LogP contribution in [0.3, 0.4) is 0 Å². The van der Waals surface area contributed by atoms with Gasteiger partial charge in [0.25, 0.3) is 0 Å². The van der Waals surface area contributed by atoms with Gasteiger partial charge in [-0.2, -0.15) is 0 Å². The second-order valence-electron chi connectivity index (χ2n) is 23.2. The van der Waals surface area contributed by atoms with Gasteiger partial charge in [0.05, 0.1) is 32.0 Å². The molecule has 80 heavy (non-hydrogen) atoms. The highest BCUT2D eigenvalue weighted by atomic mass is 16.7. The van der Waals surface area contributed by atoms with Crippen LogP contribution in [-0.4, -0.2) is 140 Å². The SMILES string of the molecule is CCC/C=C/CC/C=C/CC/C=C/C(O)C(COC1OC(CO)C(OC2OC(CO)C(O)C(O)C2O)C(O)C1O)NC(=O)CCCCCCCCCCCCCCCCCCCCCCCCC/C=C\CCCCCCCCCC. The van der Waals surface area contributed by atoms with Crippen molar-refractivity contribution < 1.29 is 64.6 Å². The molecule has 12 atom stereocenters. The normalized spacial score (nSPS) is 24.5. The Morgan fingerprint density at radius 3 is 1.27 bits per heavy atom. The summed E-state index contributed by atoms with van der Waals surface area (Å²) in [5, 5.41) is 86.9. The van der Waals surface area contributed by atoms with Crippen molar-refractivity contribution in [2.24, 2.45) is 0 Å². The molecule has 0 bridgehead atoms. The molecule has 0 spiro atoms. The molecule has 0 aromatic carbocycles. The topological polar surface area (TPSA) is 228 Å². The first-order chi connectivity index (χ1) is 39.1. The molecule has 2 fully saturated rings. The van der Waals surface area contributed by atoms with E-state index in [1.165, 1.54) is 186 Å². The summed E-state index contributed by atoms with van der Waals surface area (Å²) in [5.41, 5.74) is 0. The van der Waals surface area contributed by atoms with Gasteiger partial charge in [-0.3, -0.25) is 4.79 Å². The summed E-state index contributed by atoms with van der Waals surface area (Å²) < 4.78 is 22.7. The van der Waals surface area contributed by atoms with Crippen molar-refractivity contribution >= 4 is 5.91 Å². The van der Waals surface area contributed by atoms with Crippen LogP contribution in [-0.2, 0) is 23.7 Å². The number of ether oxygens (including phenoxy) is 4. The molecule has 14 heteroatoms. The highest BCUT2D eigenvalue weighted by molar-refractivity contribution is 5.76. The van der Waals surface area contributed by atoms with Crippen molar-refractivity contribution in [2.45, 2.75) is 344 Å². The van der Waals surface area contributed by atoms with E-state index in [1.54, 1.807) is 6.08 Å². The molecule has 9 N–H and O–H groups in total. The van der Waals surface area contributed by atoms with E-state index >= 15 is 0 Å². The Morgan fingerprint density at radius 1 is 0.438 bits per heavy atom. The number of rotatable bonds is 53. The predicted octanol–water partition coefficient (Wildman–Crippen LogP) is 12.3. The van der Waals surface area contributed by atoms with E-state index < -0.39 is 86.8 Å². The van der Waals surface area contributed by atoms with E-state index in [4.69, 9.17) is 18.9 Å². The minimum absolute atomic E-state index is 0.252. The van der Waals surface area contributed by atoms with E-state index in [2.05, 4.69) is 55.6 Å². The third-order valence-corrected chi connectivity index (χ3v) is 15.9. The summed E-state index contributed by atoms with van der Waals surface area (Å²) in [6.45, 7) is 2.70. The van der Waals surface area contributed by atoms with Crippen molar-refractivity contribution in [3.63, 3.8) is 0 Å². The van der Waals surface area contributed by atoms with E-state index in [9.17, 15) is 45.6 Å². The zero-order valence-corrected chi connectivity index (χ0v) is 50.6. The van der Waals surface area contributed by atoms with Gasteiger partial charge in [0.1, 0.15) is 48.8 Å². The number of aliphatic hydroxyl groups is 8. The van der Waals surface area contributed by atoms with Crippen molar-refractivity contribution in [1.29, 1.82) is 0 Å². The average molecular weight is 1140 g/mol. The van der Waals surface area contributed by atoms with E-state index in [-0.39, 0.29) is 18.9 Å². The lowest BCUT2D eigenvalue weighted by Crippen LogP contribution is -2.65. The van der Waals surface area contributed by atoms with Crippen LogP contribution >= 0.6 is 0 Å². The van der Waals surface area contributed by atoms with Crippen LogP contribution in [0.1, 0.15) is 271 Å². The highest BCUT2D eigenvalue weighted by Gasteiger charge is 2.51. The van der Waals surface area contributed by atoms with Crippen molar-refractivity contribution in [2.75, 3.05) is 19.8 Å². The third kappa shape index (κ3) is 35.9. The average Bonchev–Trinajstić information content (AvgIpc) is 3.46. The number of unbranched alkanes of at least 4 members (excludes halogenated alkanes) is 34. The fourth-order valence-corrected chi connectivity index (χ4v) is 10.7. The number of hydrogen-bond donors (Lipinski definition) is 9. The summed E-state index contributed by atoms with van der Waals surface area (Å²) in [7, 11) is 0. The summed E-state index contributed by atoms with van der Waals surface area (Å²) in [6, 6.07) is -0.936. The van der Waals surface area contributed by atoms with Crippen LogP contribution in [0.15, 0.2) is 48.6 Å². The molecule has 2 heterocycles. The van der Waals surface area contributed by atoms with E-state index in [0.29, 0.717) is 12.8 Å². The number of amides is 1. The van der Waals surface area contributed by atoms with Gasteiger partial charge in [-0.05, 0) is 64.2 Å². The van der Waals surface area contributed by atoms with Crippen LogP contribution in [0.25, 0.3) is 0 Å². The highest BCUT2D eigenvalue weighted by Crippen LogP contribution is 2.30. The molecule has 0 aliphatic carbocycles. The standard InChI is InChI=1S/C66H121NO13/c1-3-5-7-9-11-13-15-16-17-18-19-20-21-22-23-24-25-26-27-28-29-30-31-32-33-34-35-36-37-38-40-42-44-46-48-50-58(71)67-54(55(70)49-47-45-43-41-39-14-12-10-8-6-4-2)53-77-65-63(76)61(74)64(57(52-69)79-65)80-66-62(75)60(73)59(72)56(51-68)78-66/h8,10,18-19,39,41,47,49,54-57,59-66,68-70,72-76H,3-7,9,11-17,20-38,40,42-46,48,50-53H2,1-2H3,(H,67,71)/b10-8+,19-18-,41-39+,49-47+. The maximum Gasteiger partial charge on any atom is 0.220 e. The van der Waals surface area contributed by atoms with Crippen LogP contribution in [0, 0.1) is 0 Å². The molecule has 0 saturated carbocycles. The molecular weight excluding hydrogens is 1010 g/mol. The number of allylic oxidation sites excluding steroid dienone is 7. The molecule has 468 valence electrons. The zero-order chi connectivity index (χ0) is 58.1. The van der Waals surface area contributed by atoms with Crippen LogP contribution < -0.4 is 5.32 Å². The molecular formula is C66H121NO13. The van der Waals surface area contributed by atoms with Gasteiger partial charge in [-0.25, -0.2) is 0 Å². The van der Waals surface area contributed by atoms with Gasteiger partial charge in [0.2, 0.25) is 5.91 Å². The first-order valence-electron chi connectivity index (χ1n) is 32.9. The molecule has 2 rings (SSSR count). The Bertz CT molecular complexity index is 1530. The Kier molecular flexibility index (Phi) is 47.6. The number of hydrogen-bond acceptors (Lipinski definition) is 13. The Labute approximate surface area is 486 Å². The van der Waals surface area contributed by atoms with E-state index in [0.717, 1.165) is 51.4 Å². The van der Waals surface area contributed by atoms with Gasteiger partial charge in [0, 0.05) is 6.42 Å². The Morgan fingerprint density at radius 2 is 0.825 bits per heavy atom. The Hall–Kier alpha value is -2.05. The molecule has 0 aromatic rings. The minimum atomic E-state index is -1.79. The number of carbonyl (C=O) groups is 1. The first kappa shape index (κ1) is 74.1. The minimum Gasteiger partial charge on any atom is -0.394 e. The molecule has 0 aromatic heterocycles. The number of carbonyl (C=O) groups excluding carboxylic acids is 1. The van der Waals surface area contributed by atoms with Gasteiger partial charge < -0.3 is 65.1 Å². The second-order valence-corrected chi connectivity index (χ2v) is 23.2. The zero-order valence-electron chi connectivity index (χ0n) is 50.6. The monoisotopic (exact) mass is 1140 g/mol. The quantitative estimate of drug-likeness (QED) is 0.0204. The van der Waals surface area contributed by atoms with Gasteiger partial charge >= 0.3 is 0 Å². The molecule has 1 amide bonds. The van der Waals surface area contributed by atoms with Crippen molar-refractivity contribution in [1.82, 2.24) is 5.32 Å². The predicted molar refractivity (Wildman–Crippen MR) is 323 cm³/mol.